The Hall–Kier alpha value is -0.610. The predicted octanol–water partition coefficient (Wildman–Crippen LogP) is 1.58. The number of hydrogen-bond acceptors (Lipinski definition) is 3. The van der Waals surface area contributed by atoms with Gasteiger partial charge in [0.2, 0.25) is 5.91 Å². The van der Waals surface area contributed by atoms with Gasteiger partial charge in [-0.2, -0.15) is 0 Å². The Morgan fingerprint density at radius 1 is 1.28 bits per heavy atom. The summed E-state index contributed by atoms with van der Waals surface area (Å²) < 4.78 is 5.28. The third kappa shape index (κ3) is 3.23. The van der Waals surface area contributed by atoms with Crippen LogP contribution in [-0.4, -0.2) is 30.7 Å². The number of ether oxygens (including phenoxy) is 1. The molecule has 0 aromatic carbocycles. The van der Waals surface area contributed by atoms with E-state index in [-0.39, 0.29) is 5.91 Å². The summed E-state index contributed by atoms with van der Waals surface area (Å²) in [6.45, 7) is 5.75. The van der Waals surface area contributed by atoms with Crippen LogP contribution in [0.15, 0.2) is 0 Å². The summed E-state index contributed by atoms with van der Waals surface area (Å²) in [7, 11) is 0. The number of hydrogen-bond donors (Lipinski definition) is 2. The topological polar surface area (TPSA) is 64.4 Å². The molecule has 0 aromatic rings. The Kier molecular flexibility index (Phi) is 3.97. The fraction of sp³-hybridized carbons (Fsp3) is 0.929. The zero-order valence-corrected chi connectivity index (χ0v) is 11.6. The Bertz CT molecular complexity index is 309. The van der Waals surface area contributed by atoms with E-state index in [0.29, 0.717) is 37.5 Å². The number of carbonyl (C=O) groups is 1. The summed E-state index contributed by atoms with van der Waals surface area (Å²) in [6, 6.07) is 0.296. The van der Waals surface area contributed by atoms with Crippen LogP contribution in [0.3, 0.4) is 0 Å². The van der Waals surface area contributed by atoms with Crippen molar-refractivity contribution in [2.24, 2.45) is 11.1 Å². The molecule has 1 atom stereocenters. The third-order valence-corrected chi connectivity index (χ3v) is 4.38. The van der Waals surface area contributed by atoms with Crippen LogP contribution >= 0.6 is 0 Å². The average molecular weight is 254 g/mol. The molecule has 1 heterocycles. The van der Waals surface area contributed by atoms with Crippen molar-refractivity contribution < 1.29 is 9.53 Å². The second-order valence-electron chi connectivity index (χ2n) is 6.70. The summed E-state index contributed by atoms with van der Waals surface area (Å²) in [5.74, 6) is 0.0218. The molecule has 4 nitrogen and oxygen atoms in total. The van der Waals surface area contributed by atoms with Crippen molar-refractivity contribution in [3.8, 4) is 0 Å². The fourth-order valence-corrected chi connectivity index (χ4v) is 3.11. The van der Waals surface area contributed by atoms with E-state index in [1.54, 1.807) is 0 Å². The highest BCUT2D eigenvalue weighted by Gasteiger charge is 2.38. The van der Waals surface area contributed by atoms with Gasteiger partial charge < -0.3 is 15.8 Å². The van der Waals surface area contributed by atoms with E-state index in [0.717, 1.165) is 12.8 Å². The molecule has 2 aliphatic rings. The second-order valence-corrected chi connectivity index (χ2v) is 6.70. The minimum atomic E-state index is -0.708. The lowest BCUT2D eigenvalue weighted by Crippen LogP contribution is -2.59. The van der Waals surface area contributed by atoms with Crippen molar-refractivity contribution in [2.75, 3.05) is 13.2 Å². The molecule has 104 valence electrons. The maximum absolute atomic E-state index is 12.3. The van der Waals surface area contributed by atoms with Gasteiger partial charge in [-0.25, -0.2) is 0 Å². The van der Waals surface area contributed by atoms with Gasteiger partial charge in [-0.3, -0.25) is 4.79 Å². The van der Waals surface area contributed by atoms with Crippen LogP contribution in [0.2, 0.25) is 0 Å². The van der Waals surface area contributed by atoms with Gasteiger partial charge in [0.15, 0.2) is 0 Å². The van der Waals surface area contributed by atoms with Crippen LogP contribution in [0.25, 0.3) is 0 Å². The summed E-state index contributed by atoms with van der Waals surface area (Å²) in [4.78, 5) is 12.3. The first-order valence-electron chi connectivity index (χ1n) is 7.09. The van der Waals surface area contributed by atoms with Gasteiger partial charge in [-0.15, -0.1) is 0 Å². The third-order valence-electron chi connectivity index (χ3n) is 4.38. The highest BCUT2D eigenvalue weighted by molar-refractivity contribution is 5.86. The number of nitrogens with two attached hydrogens (primary N) is 1. The first-order valence-corrected chi connectivity index (χ1v) is 7.09. The second kappa shape index (κ2) is 5.17. The van der Waals surface area contributed by atoms with Crippen molar-refractivity contribution in [1.82, 2.24) is 5.32 Å². The zero-order valence-electron chi connectivity index (χ0n) is 11.6. The van der Waals surface area contributed by atoms with Crippen molar-refractivity contribution in [3.63, 3.8) is 0 Å². The minimum Gasteiger partial charge on any atom is -0.381 e. The van der Waals surface area contributed by atoms with E-state index in [9.17, 15) is 4.79 Å². The smallest absolute Gasteiger partial charge is 0.240 e. The van der Waals surface area contributed by atoms with Crippen LogP contribution in [0.4, 0.5) is 0 Å². The molecule has 0 aromatic heterocycles. The Labute approximate surface area is 110 Å². The first-order chi connectivity index (χ1) is 8.41. The summed E-state index contributed by atoms with van der Waals surface area (Å²) in [5, 5.41) is 3.17. The molecule has 1 aliphatic carbocycles. The summed E-state index contributed by atoms with van der Waals surface area (Å²) >= 11 is 0. The molecule has 18 heavy (non-hydrogen) atoms. The van der Waals surface area contributed by atoms with Crippen molar-refractivity contribution in [2.45, 2.75) is 64.0 Å². The fourth-order valence-electron chi connectivity index (χ4n) is 3.11. The SMILES string of the molecule is CC1(C)CCCC(NC(=O)C2(N)CCOCC2)C1. The first kappa shape index (κ1) is 13.8. The molecular weight excluding hydrogens is 228 g/mol. The van der Waals surface area contributed by atoms with Crippen molar-refractivity contribution in [1.29, 1.82) is 0 Å². The van der Waals surface area contributed by atoms with Crippen LogP contribution in [0, 0.1) is 5.41 Å². The lowest BCUT2D eigenvalue weighted by Gasteiger charge is -2.38. The molecule has 1 aliphatic heterocycles. The van der Waals surface area contributed by atoms with Gasteiger partial charge in [-0.1, -0.05) is 20.3 Å². The van der Waals surface area contributed by atoms with Crippen molar-refractivity contribution in [3.05, 3.63) is 0 Å². The molecule has 1 amide bonds. The van der Waals surface area contributed by atoms with E-state index in [2.05, 4.69) is 19.2 Å². The van der Waals surface area contributed by atoms with Gasteiger partial charge in [-0.05, 0) is 37.5 Å². The number of rotatable bonds is 2. The molecule has 1 saturated carbocycles. The van der Waals surface area contributed by atoms with Crippen LogP contribution in [0.1, 0.15) is 52.4 Å². The molecule has 2 rings (SSSR count). The minimum absolute atomic E-state index is 0.0218. The Morgan fingerprint density at radius 2 is 1.94 bits per heavy atom. The van der Waals surface area contributed by atoms with Crippen LogP contribution in [-0.2, 0) is 9.53 Å². The van der Waals surface area contributed by atoms with E-state index in [1.807, 2.05) is 0 Å². The molecule has 0 radical (unpaired) electrons. The lowest BCUT2D eigenvalue weighted by atomic mass is 9.75. The van der Waals surface area contributed by atoms with E-state index >= 15 is 0 Å². The summed E-state index contributed by atoms with van der Waals surface area (Å²) in [5.41, 5.74) is 5.83. The number of amides is 1. The highest BCUT2D eigenvalue weighted by atomic mass is 16.5. The molecule has 1 saturated heterocycles. The molecule has 2 fully saturated rings. The standard InChI is InChI=1S/C14H26N2O2/c1-13(2)5-3-4-11(10-13)16-12(17)14(15)6-8-18-9-7-14/h11H,3-10,15H2,1-2H3,(H,16,17). The van der Waals surface area contributed by atoms with E-state index in [4.69, 9.17) is 10.5 Å². The largest absolute Gasteiger partial charge is 0.381 e. The van der Waals surface area contributed by atoms with Gasteiger partial charge >= 0.3 is 0 Å². The Morgan fingerprint density at radius 3 is 2.56 bits per heavy atom. The normalized spacial score (nSPS) is 30.7. The lowest BCUT2D eigenvalue weighted by molar-refractivity contribution is -0.131. The van der Waals surface area contributed by atoms with E-state index < -0.39 is 5.54 Å². The molecule has 1 unspecified atom stereocenters. The van der Waals surface area contributed by atoms with Gasteiger partial charge in [0.1, 0.15) is 0 Å². The quantitative estimate of drug-likeness (QED) is 0.786. The van der Waals surface area contributed by atoms with Crippen molar-refractivity contribution >= 4 is 5.91 Å². The average Bonchev–Trinajstić information content (AvgIpc) is 2.28. The van der Waals surface area contributed by atoms with Gasteiger partial charge in [0.05, 0.1) is 5.54 Å². The predicted molar refractivity (Wildman–Crippen MR) is 71.2 cm³/mol. The molecule has 3 N–H and O–H groups in total. The molecular formula is C14H26N2O2. The van der Waals surface area contributed by atoms with Crippen LogP contribution in [0.5, 0.6) is 0 Å². The molecule has 0 spiro atoms. The van der Waals surface area contributed by atoms with Gasteiger partial charge in [0.25, 0.3) is 0 Å². The molecule has 4 heteroatoms. The van der Waals surface area contributed by atoms with Gasteiger partial charge in [0, 0.05) is 19.3 Å². The Balaban J connectivity index is 1.90. The zero-order chi connectivity index (χ0) is 13.2. The van der Waals surface area contributed by atoms with E-state index in [1.165, 1.54) is 12.8 Å². The monoisotopic (exact) mass is 254 g/mol. The maximum atomic E-state index is 12.3. The van der Waals surface area contributed by atoms with Crippen LogP contribution < -0.4 is 11.1 Å². The highest BCUT2D eigenvalue weighted by Crippen LogP contribution is 2.35. The maximum Gasteiger partial charge on any atom is 0.240 e. The summed E-state index contributed by atoms with van der Waals surface area (Å²) in [6.07, 6.45) is 5.86. The number of nitrogens with one attached hydrogen (secondary N) is 1. The molecule has 0 bridgehead atoms. The number of carbonyl (C=O) groups excluding carboxylic acids is 1.